The van der Waals surface area contributed by atoms with Crippen molar-refractivity contribution in [1.29, 1.82) is 0 Å². The number of aryl methyl sites for hydroxylation is 1. The van der Waals surface area contributed by atoms with E-state index in [9.17, 15) is 5.11 Å². The monoisotopic (exact) mass is 205 g/mol. The van der Waals surface area contributed by atoms with Crippen molar-refractivity contribution >= 4 is 17.0 Å². The molecule has 1 heterocycles. The van der Waals surface area contributed by atoms with Crippen molar-refractivity contribution in [1.82, 2.24) is 0 Å². The lowest BCUT2D eigenvalue weighted by molar-refractivity contribution is 0.477. The molecule has 0 amide bonds. The number of benzene rings is 1. The summed E-state index contributed by atoms with van der Waals surface area (Å²) in [5.41, 5.74) is 9.35. The number of thiophene rings is 1. The average molecular weight is 205 g/mol. The van der Waals surface area contributed by atoms with Gasteiger partial charge in [0.15, 0.2) is 0 Å². The van der Waals surface area contributed by atoms with Crippen LogP contribution in [0, 0.1) is 6.92 Å². The number of hydrogen-bond acceptors (Lipinski definition) is 3. The highest BCUT2D eigenvalue weighted by atomic mass is 32.1. The van der Waals surface area contributed by atoms with Crippen molar-refractivity contribution < 1.29 is 5.11 Å². The number of phenols is 1. The summed E-state index contributed by atoms with van der Waals surface area (Å²) < 4.78 is 0. The van der Waals surface area contributed by atoms with Gasteiger partial charge in [-0.25, -0.2) is 0 Å². The van der Waals surface area contributed by atoms with Gasteiger partial charge in [-0.15, -0.1) is 0 Å². The highest BCUT2D eigenvalue weighted by molar-refractivity contribution is 7.08. The van der Waals surface area contributed by atoms with Crippen LogP contribution < -0.4 is 5.73 Å². The standard InChI is InChI=1S/C11H11NOS/c1-7-5-14-6-8(7)11-9(12)3-2-4-10(11)13/h2-6,13H,12H2,1H3. The van der Waals surface area contributed by atoms with Crippen LogP contribution in [-0.4, -0.2) is 5.11 Å². The van der Waals surface area contributed by atoms with Gasteiger partial charge in [0.25, 0.3) is 0 Å². The third-order valence-electron chi connectivity index (χ3n) is 2.20. The summed E-state index contributed by atoms with van der Waals surface area (Å²) in [6, 6.07) is 5.20. The zero-order valence-electron chi connectivity index (χ0n) is 7.82. The molecule has 0 aliphatic rings. The summed E-state index contributed by atoms with van der Waals surface area (Å²) >= 11 is 1.61. The summed E-state index contributed by atoms with van der Waals surface area (Å²) in [6.45, 7) is 2.01. The second kappa shape index (κ2) is 3.35. The molecule has 0 bridgehead atoms. The number of hydrogen-bond donors (Lipinski definition) is 2. The van der Waals surface area contributed by atoms with E-state index in [4.69, 9.17) is 5.73 Å². The Kier molecular flexibility index (Phi) is 2.17. The molecule has 0 atom stereocenters. The third-order valence-corrected chi connectivity index (χ3v) is 3.06. The van der Waals surface area contributed by atoms with Crippen molar-refractivity contribution in [3.63, 3.8) is 0 Å². The molecule has 0 aliphatic carbocycles. The van der Waals surface area contributed by atoms with Crippen molar-refractivity contribution in [3.8, 4) is 16.9 Å². The van der Waals surface area contributed by atoms with E-state index < -0.39 is 0 Å². The number of nitrogen functional groups attached to an aromatic ring is 1. The number of nitrogens with two attached hydrogens (primary N) is 1. The Hall–Kier alpha value is -1.48. The van der Waals surface area contributed by atoms with Gasteiger partial charge in [0.05, 0.1) is 0 Å². The lowest BCUT2D eigenvalue weighted by Gasteiger charge is -2.07. The molecule has 0 saturated carbocycles. The van der Waals surface area contributed by atoms with Crippen molar-refractivity contribution in [2.24, 2.45) is 0 Å². The molecule has 14 heavy (non-hydrogen) atoms. The molecule has 0 radical (unpaired) electrons. The second-order valence-corrected chi connectivity index (χ2v) is 3.95. The Bertz CT molecular complexity index is 442. The van der Waals surface area contributed by atoms with Crippen LogP contribution >= 0.6 is 11.3 Å². The first-order chi connectivity index (χ1) is 6.70. The molecule has 0 aliphatic heterocycles. The number of phenolic OH excluding ortho intramolecular Hbond substituents is 1. The second-order valence-electron chi connectivity index (χ2n) is 3.21. The predicted molar refractivity (Wildman–Crippen MR) is 60.6 cm³/mol. The summed E-state index contributed by atoms with van der Waals surface area (Å²) in [6.07, 6.45) is 0. The minimum Gasteiger partial charge on any atom is -0.507 e. The molecule has 1 aromatic carbocycles. The molecule has 2 rings (SSSR count). The van der Waals surface area contributed by atoms with Gasteiger partial charge in [-0.2, -0.15) is 11.3 Å². The normalized spacial score (nSPS) is 10.4. The van der Waals surface area contributed by atoms with Gasteiger partial charge < -0.3 is 10.8 Å². The molecule has 0 unspecified atom stereocenters. The van der Waals surface area contributed by atoms with E-state index in [0.29, 0.717) is 5.69 Å². The minimum atomic E-state index is 0.242. The molecule has 72 valence electrons. The Labute approximate surface area is 86.6 Å². The van der Waals surface area contributed by atoms with Gasteiger partial charge in [-0.1, -0.05) is 6.07 Å². The molecule has 0 fully saturated rings. The van der Waals surface area contributed by atoms with Crippen molar-refractivity contribution in [3.05, 3.63) is 34.5 Å². The summed E-state index contributed by atoms with van der Waals surface area (Å²) in [5.74, 6) is 0.242. The molecule has 2 aromatic rings. The molecule has 0 spiro atoms. The van der Waals surface area contributed by atoms with E-state index in [1.54, 1.807) is 29.5 Å². The maximum Gasteiger partial charge on any atom is 0.125 e. The topological polar surface area (TPSA) is 46.2 Å². The largest absolute Gasteiger partial charge is 0.507 e. The summed E-state index contributed by atoms with van der Waals surface area (Å²) in [5, 5.41) is 13.8. The first-order valence-electron chi connectivity index (χ1n) is 4.31. The van der Waals surface area contributed by atoms with Crippen LogP contribution in [0.25, 0.3) is 11.1 Å². The number of anilines is 1. The number of aromatic hydroxyl groups is 1. The highest BCUT2D eigenvalue weighted by Gasteiger charge is 2.10. The lowest BCUT2D eigenvalue weighted by Crippen LogP contribution is -1.90. The van der Waals surface area contributed by atoms with Crippen LogP contribution in [0.5, 0.6) is 5.75 Å². The molecule has 2 nitrogen and oxygen atoms in total. The van der Waals surface area contributed by atoms with E-state index in [-0.39, 0.29) is 5.75 Å². The van der Waals surface area contributed by atoms with Crippen LogP contribution in [0.15, 0.2) is 29.0 Å². The fraction of sp³-hybridized carbons (Fsp3) is 0.0909. The first-order valence-corrected chi connectivity index (χ1v) is 5.25. The fourth-order valence-electron chi connectivity index (χ4n) is 1.47. The maximum atomic E-state index is 9.71. The number of rotatable bonds is 1. The Balaban J connectivity index is 2.68. The zero-order chi connectivity index (χ0) is 10.1. The van der Waals surface area contributed by atoms with Crippen LogP contribution in [0.2, 0.25) is 0 Å². The Morgan fingerprint density at radius 1 is 1.29 bits per heavy atom. The van der Waals surface area contributed by atoms with Crippen LogP contribution in [0.3, 0.4) is 0 Å². The van der Waals surface area contributed by atoms with E-state index in [2.05, 4.69) is 0 Å². The van der Waals surface area contributed by atoms with Gasteiger partial charge in [-0.3, -0.25) is 0 Å². The SMILES string of the molecule is Cc1cscc1-c1c(N)cccc1O. The van der Waals surface area contributed by atoms with E-state index in [1.807, 2.05) is 17.7 Å². The van der Waals surface area contributed by atoms with Crippen LogP contribution in [-0.2, 0) is 0 Å². The van der Waals surface area contributed by atoms with Gasteiger partial charge in [0.1, 0.15) is 5.75 Å². The van der Waals surface area contributed by atoms with E-state index in [1.165, 1.54) is 0 Å². The first kappa shape index (κ1) is 9.09. The van der Waals surface area contributed by atoms with Crippen molar-refractivity contribution in [2.75, 3.05) is 5.73 Å². The molecule has 1 aromatic heterocycles. The lowest BCUT2D eigenvalue weighted by atomic mass is 10.0. The van der Waals surface area contributed by atoms with E-state index >= 15 is 0 Å². The molecule has 0 saturated heterocycles. The molecule has 3 heteroatoms. The maximum absolute atomic E-state index is 9.71. The van der Waals surface area contributed by atoms with Gasteiger partial charge in [-0.05, 0) is 35.4 Å². The van der Waals surface area contributed by atoms with Gasteiger partial charge in [0, 0.05) is 16.8 Å². The van der Waals surface area contributed by atoms with E-state index in [0.717, 1.165) is 16.7 Å². The Morgan fingerprint density at radius 3 is 2.64 bits per heavy atom. The van der Waals surface area contributed by atoms with Crippen molar-refractivity contribution in [2.45, 2.75) is 6.92 Å². The third kappa shape index (κ3) is 1.36. The zero-order valence-corrected chi connectivity index (χ0v) is 8.64. The molecule has 3 N–H and O–H groups in total. The fourth-order valence-corrected chi connectivity index (χ4v) is 2.31. The minimum absolute atomic E-state index is 0.242. The van der Waals surface area contributed by atoms with Crippen LogP contribution in [0.4, 0.5) is 5.69 Å². The Morgan fingerprint density at radius 2 is 2.07 bits per heavy atom. The quantitative estimate of drug-likeness (QED) is 0.703. The molecular formula is C11H11NOS. The van der Waals surface area contributed by atoms with Gasteiger partial charge >= 0.3 is 0 Å². The van der Waals surface area contributed by atoms with Gasteiger partial charge in [0.2, 0.25) is 0 Å². The average Bonchev–Trinajstić information content (AvgIpc) is 2.52. The summed E-state index contributed by atoms with van der Waals surface area (Å²) in [7, 11) is 0. The highest BCUT2D eigenvalue weighted by Crippen LogP contribution is 2.37. The summed E-state index contributed by atoms with van der Waals surface area (Å²) in [4.78, 5) is 0. The molecular weight excluding hydrogens is 194 g/mol. The van der Waals surface area contributed by atoms with Crippen LogP contribution in [0.1, 0.15) is 5.56 Å². The smallest absolute Gasteiger partial charge is 0.125 e. The predicted octanol–water partition coefficient (Wildman–Crippen LogP) is 3.01.